The molecule has 1 N–H and O–H groups in total. The zero-order valence-corrected chi connectivity index (χ0v) is 16.4. The summed E-state index contributed by atoms with van der Waals surface area (Å²) in [6, 6.07) is 10.6. The van der Waals surface area contributed by atoms with E-state index in [0.717, 1.165) is 13.6 Å². The van der Waals surface area contributed by atoms with Crippen LogP contribution in [-0.4, -0.2) is 21.0 Å². The number of benzene rings is 2. The van der Waals surface area contributed by atoms with Crippen molar-refractivity contribution in [2.24, 2.45) is 5.10 Å². The number of phenols is 1. The van der Waals surface area contributed by atoms with Crippen molar-refractivity contribution in [1.82, 2.24) is 9.66 Å². The summed E-state index contributed by atoms with van der Waals surface area (Å²) < 4.78 is 2.87. The molecule has 0 saturated carbocycles. The quantitative estimate of drug-likeness (QED) is 0.440. The second kappa shape index (κ2) is 7.02. The Labute approximate surface area is 160 Å². The number of halogens is 2. The Bertz CT molecular complexity index is 1010. The summed E-state index contributed by atoms with van der Waals surface area (Å²) in [6.07, 6.45) is 2.18. The van der Waals surface area contributed by atoms with Crippen LogP contribution in [0, 0.1) is 3.57 Å². The van der Waals surface area contributed by atoms with Crippen LogP contribution in [0.15, 0.2) is 50.8 Å². The van der Waals surface area contributed by atoms with E-state index < -0.39 is 0 Å². The number of aromatic nitrogens is 2. The molecule has 2 aromatic carbocycles. The van der Waals surface area contributed by atoms with Crippen LogP contribution < -0.4 is 5.56 Å². The topological polar surface area (TPSA) is 67.5 Å². The first-order chi connectivity index (χ1) is 11.5. The molecule has 7 heteroatoms. The number of phenolic OH excluding ortho intramolecular Hbond substituents is 1. The molecule has 0 radical (unpaired) electrons. The zero-order valence-electron chi connectivity index (χ0n) is 12.7. The monoisotopic (exact) mass is 497 g/mol. The number of rotatable bonds is 3. The molecule has 0 aliphatic heterocycles. The van der Waals surface area contributed by atoms with E-state index in [1.165, 1.54) is 4.68 Å². The molecule has 0 aliphatic carbocycles. The van der Waals surface area contributed by atoms with Crippen LogP contribution >= 0.6 is 38.5 Å². The Morgan fingerprint density at radius 3 is 2.83 bits per heavy atom. The Morgan fingerprint density at radius 1 is 1.33 bits per heavy atom. The Balaban J connectivity index is 2.13. The van der Waals surface area contributed by atoms with Gasteiger partial charge in [-0.3, -0.25) is 4.79 Å². The van der Waals surface area contributed by atoms with Gasteiger partial charge in [-0.1, -0.05) is 22.9 Å². The second-order valence-electron chi connectivity index (χ2n) is 5.12. The van der Waals surface area contributed by atoms with Gasteiger partial charge in [0.25, 0.3) is 5.56 Å². The molecule has 0 amide bonds. The first-order valence-electron chi connectivity index (χ1n) is 7.23. The lowest BCUT2D eigenvalue weighted by Crippen LogP contribution is -2.22. The number of aryl methyl sites for hydroxylation is 1. The SMILES string of the molecule is CCc1nc2ccc(Br)cc2c(=O)n1N=Cc1ccc(O)c(I)c1. The number of aromatic hydroxyl groups is 1. The predicted molar refractivity (Wildman–Crippen MR) is 107 cm³/mol. The molecule has 3 rings (SSSR count). The van der Waals surface area contributed by atoms with Gasteiger partial charge in [-0.05, 0) is 64.6 Å². The van der Waals surface area contributed by atoms with Gasteiger partial charge in [0.05, 0.1) is 20.7 Å². The highest BCUT2D eigenvalue weighted by Gasteiger charge is 2.09. The minimum Gasteiger partial charge on any atom is -0.507 e. The minimum absolute atomic E-state index is 0.206. The minimum atomic E-state index is -0.206. The highest BCUT2D eigenvalue weighted by molar-refractivity contribution is 14.1. The summed E-state index contributed by atoms with van der Waals surface area (Å²) >= 11 is 5.42. The molecule has 1 heterocycles. The molecular weight excluding hydrogens is 485 g/mol. The van der Waals surface area contributed by atoms with Crippen LogP contribution in [0.1, 0.15) is 18.3 Å². The van der Waals surface area contributed by atoms with Gasteiger partial charge in [0, 0.05) is 10.9 Å². The average Bonchev–Trinajstić information content (AvgIpc) is 2.57. The second-order valence-corrected chi connectivity index (χ2v) is 7.19. The van der Waals surface area contributed by atoms with E-state index in [9.17, 15) is 9.90 Å². The van der Waals surface area contributed by atoms with E-state index >= 15 is 0 Å². The molecule has 24 heavy (non-hydrogen) atoms. The summed E-state index contributed by atoms with van der Waals surface area (Å²) in [5.74, 6) is 0.816. The number of hydrogen-bond acceptors (Lipinski definition) is 4. The lowest BCUT2D eigenvalue weighted by atomic mass is 10.2. The number of fused-ring (bicyclic) bond motifs is 1. The fourth-order valence-electron chi connectivity index (χ4n) is 2.27. The van der Waals surface area contributed by atoms with Crippen molar-refractivity contribution in [3.8, 4) is 5.75 Å². The fraction of sp³-hybridized carbons (Fsp3) is 0.118. The van der Waals surface area contributed by atoms with E-state index in [1.807, 2.05) is 41.6 Å². The maximum absolute atomic E-state index is 12.7. The third-order valence-corrected chi connectivity index (χ3v) is 4.84. The summed E-state index contributed by atoms with van der Waals surface area (Å²) in [5.41, 5.74) is 1.24. The molecular formula is C17H13BrIN3O2. The van der Waals surface area contributed by atoms with Gasteiger partial charge in [0.15, 0.2) is 0 Å². The van der Waals surface area contributed by atoms with Crippen molar-refractivity contribution in [2.45, 2.75) is 13.3 Å². The Kier molecular flexibility index (Phi) is 5.00. The smallest absolute Gasteiger partial charge is 0.282 e. The van der Waals surface area contributed by atoms with Crippen LogP contribution in [0.3, 0.4) is 0 Å². The van der Waals surface area contributed by atoms with Crippen LogP contribution in [0.25, 0.3) is 10.9 Å². The van der Waals surface area contributed by atoms with Crippen LogP contribution in [0.2, 0.25) is 0 Å². The highest BCUT2D eigenvalue weighted by Crippen LogP contribution is 2.19. The first-order valence-corrected chi connectivity index (χ1v) is 9.11. The molecule has 0 bridgehead atoms. The number of hydrogen-bond donors (Lipinski definition) is 1. The summed E-state index contributed by atoms with van der Waals surface area (Å²) in [6.45, 7) is 1.93. The van der Waals surface area contributed by atoms with Crippen LogP contribution in [0.4, 0.5) is 0 Å². The molecule has 5 nitrogen and oxygen atoms in total. The summed E-state index contributed by atoms with van der Waals surface area (Å²) in [5, 5.41) is 14.4. The largest absolute Gasteiger partial charge is 0.507 e. The molecule has 3 aromatic rings. The molecule has 122 valence electrons. The van der Waals surface area contributed by atoms with Gasteiger partial charge >= 0.3 is 0 Å². The van der Waals surface area contributed by atoms with E-state index in [4.69, 9.17) is 0 Å². The normalized spacial score (nSPS) is 11.5. The molecule has 0 atom stereocenters. The van der Waals surface area contributed by atoms with E-state index in [-0.39, 0.29) is 11.3 Å². The zero-order chi connectivity index (χ0) is 17.3. The third kappa shape index (κ3) is 3.36. The number of nitrogens with zero attached hydrogens (tertiary/aromatic N) is 3. The van der Waals surface area contributed by atoms with Crippen molar-refractivity contribution in [2.75, 3.05) is 0 Å². The van der Waals surface area contributed by atoms with Gasteiger partial charge in [-0.2, -0.15) is 9.78 Å². The third-order valence-electron chi connectivity index (χ3n) is 3.49. The van der Waals surface area contributed by atoms with E-state index in [1.54, 1.807) is 30.5 Å². The van der Waals surface area contributed by atoms with Gasteiger partial charge in [0.1, 0.15) is 11.6 Å². The Hall–Kier alpha value is -1.74. The van der Waals surface area contributed by atoms with Crippen molar-refractivity contribution in [1.29, 1.82) is 0 Å². The first kappa shape index (κ1) is 17.1. The van der Waals surface area contributed by atoms with Crippen molar-refractivity contribution in [3.05, 3.63) is 66.2 Å². The molecule has 0 fully saturated rings. The van der Waals surface area contributed by atoms with Crippen molar-refractivity contribution in [3.63, 3.8) is 0 Å². The molecule has 0 saturated heterocycles. The summed E-state index contributed by atoms with van der Waals surface area (Å²) in [7, 11) is 0. The van der Waals surface area contributed by atoms with Gasteiger partial charge in [0.2, 0.25) is 0 Å². The van der Waals surface area contributed by atoms with Crippen LogP contribution in [-0.2, 0) is 6.42 Å². The van der Waals surface area contributed by atoms with E-state index in [2.05, 4.69) is 26.0 Å². The molecule has 0 spiro atoms. The summed E-state index contributed by atoms with van der Waals surface area (Å²) in [4.78, 5) is 17.3. The highest BCUT2D eigenvalue weighted by atomic mass is 127. The fourth-order valence-corrected chi connectivity index (χ4v) is 3.17. The van der Waals surface area contributed by atoms with E-state index in [0.29, 0.717) is 23.1 Å². The lowest BCUT2D eigenvalue weighted by Gasteiger charge is -2.07. The average molecular weight is 498 g/mol. The molecule has 1 aromatic heterocycles. The molecule has 0 unspecified atom stereocenters. The van der Waals surface area contributed by atoms with Crippen molar-refractivity contribution >= 4 is 55.6 Å². The van der Waals surface area contributed by atoms with Crippen LogP contribution in [0.5, 0.6) is 5.75 Å². The standard InChI is InChI=1S/C17H13BrIN3O2/c1-2-16-21-14-5-4-11(18)8-12(14)17(24)22(16)20-9-10-3-6-15(23)13(19)7-10/h3-9,23H,2H2,1H3. The van der Waals surface area contributed by atoms with Crippen molar-refractivity contribution < 1.29 is 5.11 Å². The predicted octanol–water partition coefficient (Wildman–Crippen LogP) is 3.91. The lowest BCUT2D eigenvalue weighted by molar-refractivity contribution is 0.471. The maximum Gasteiger partial charge on any atom is 0.282 e. The Morgan fingerprint density at radius 2 is 2.12 bits per heavy atom. The maximum atomic E-state index is 12.7. The van der Waals surface area contributed by atoms with Gasteiger partial charge in [-0.25, -0.2) is 4.98 Å². The van der Waals surface area contributed by atoms with Gasteiger partial charge < -0.3 is 5.11 Å². The molecule has 0 aliphatic rings. The van der Waals surface area contributed by atoms with Gasteiger partial charge in [-0.15, -0.1) is 0 Å².